The predicted octanol–water partition coefficient (Wildman–Crippen LogP) is 3.81. The molecule has 3 rings (SSSR count). The van der Waals surface area contributed by atoms with E-state index in [9.17, 15) is 4.79 Å². The molecule has 1 aromatic heterocycles. The third-order valence-electron chi connectivity index (χ3n) is 3.90. The molecule has 0 bridgehead atoms. The number of aryl methyl sites for hydroxylation is 2. The van der Waals surface area contributed by atoms with Gasteiger partial charge in [-0.1, -0.05) is 6.07 Å². The highest BCUT2D eigenvalue weighted by Crippen LogP contribution is 2.22. The molecule has 1 heterocycles. The topological polar surface area (TPSA) is 67.0 Å². The number of hydrogen-bond donors (Lipinski definition) is 2. The Morgan fingerprint density at radius 1 is 1.00 bits per heavy atom. The SMILES string of the molecule is COc1ccc(-c2cc(=O)[nH]c(Nc3ccc(C)c(C)c3)n2)cc1. The number of rotatable bonds is 4. The first-order valence-electron chi connectivity index (χ1n) is 7.65. The third-order valence-corrected chi connectivity index (χ3v) is 3.90. The van der Waals surface area contributed by atoms with Crippen molar-refractivity contribution in [2.24, 2.45) is 0 Å². The monoisotopic (exact) mass is 321 g/mol. The molecule has 0 amide bonds. The number of aromatic amines is 1. The lowest BCUT2D eigenvalue weighted by molar-refractivity contribution is 0.415. The molecule has 5 nitrogen and oxygen atoms in total. The lowest BCUT2D eigenvalue weighted by Crippen LogP contribution is -2.10. The van der Waals surface area contributed by atoms with Crippen molar-refractivity contribution in [3.8, 4) is 17.0 Å². The van der Waals surface area contributed by atoms with Gasteiger partial charge >= 0.3 is 0 Å². The van der Waals surface area contributed by atoms with Crippen molar-refractivity contribution in [1.29, 1.82) is 0 Å². The van der Waals surface area contributed by atoms with Crippen molar-refractivity contribution >= 4 is 11.6 Å². The fourth-order valence-electron chi connectivity index (χ4n) is 2.38. The predicted molar refractivity (Wildman–Crippen MR) is 96.0 cm³/mol. The lowest BCUT2D eigenvalue weighted by Gasteiger charge is -2.09. The van der Waals surface area contributed by atoms with Crippen LogP contribution >= 0.6 is 0 Å². The van der Waals surface area contributed by atoms with Crippen molar-refractivity contribution in [3.63, 3.8) is 0 Å². The van der Waals surface area contributed by atoms with E-state index in [1.54, 1.807) is 7.11 Å². The van der Waals surface area contributed by atoms with Gasteiger partial charge in [0.1, 0.15) is 5.75 Å². The van der Waals surface area contributed by atoms with E-state index in [2.05, 4.69) is 22.2 Å². The Morgan fingerprint density at radius 2 is 1.75 bits per heavy atom. The number of nitrogens with one attached hydrogen (secondary N) is 2. The molecule has 0 aliphatic rings. The zero-order valence-corrected chi connectivity index (χ0v) is 13.9. The van der Waals surface area contributed by atoms with Gasteiger partial charge in [0.05, 0.1) is 12.8 Å². The molecule has 0 aliphatic heterocycles. The van der Waals surface area contributed by atoms with E-state index in [1.165, 1.54) is 17.2 Å². The molecule has 24 heavy (non-hydrogen) atoms. The van der Waals surface area contributed by atoms with Gasteiger partial charge in [-0.25, -0.2) is 4.98 Å². The van der Waals surface area contributed by atoms with Crippen molar-refractivity contribution in [2.45, 2.75) is 13.8 Å². The maximum Gasteiger partial charge on any atom is 0.252 e. The van der Waals surface area contributed by atoms with Crippen LogP contribution in [0.4, 0.5) is 11.6 Å². The van der Waals surface area contributed by atoms with Crippen LogP contribution in [0.25, 0.3) is 11.3 Å². The number of methoxy groups -OCH3 is 1. The summed E-state index contributed by atoms with van der Waals surface area (Å²) in [6.07, 6.45) is 0. The average Bonchev–Trinajstić information content (AvgIpc) is 2.58. The minimum Gasteiger partial charge on any atom is -0.497 e. The van der Waals surface area contributed by atoms with Crippen LogP contribution in [0.1, 0.15) is 11.1 Å². The minimum atomic E-state index is -0.206. The number of aromatic nitrogens is 2. The summed E-state index contributed by atoms with van der Waals surface area (Å²) in [6, 6.07) is 14.9. The zero-order valence-electron chi connectivity index (χ0n) is 13.9. The van der Waals surface area contributed by atoms with E-state index < -0.39 is 0 Å². The van der Waals surface area contributed by atoms with Crippen LogP contribution in [0.5, 0.6) is 5.75 Å². The highest BCUT2D eigenvalue weighted by molar-refractivity contribution is 5.63. The molecule has 0 atom stereocenters. The molecule has 0 fully saturated rings. The molecule has 5 heteroatoms. The van der Waals surface area contributed by atoms with Crippen LogP contribution in [-0.2, 0) is 0 Å². The van der Waals surface area contributed by atoms with Gasteiger partial charge in [-0.2, -0.15) is 0 Å². The maximum absolute atomic E-state index is 12.0. The number of nitrogens with zero attached hydrogens (tertiary/aromatic N) is 1. The molecule has 2 aromatic carbocycles. The normalized spacial score (nSPS) is 10.5. The first-order valence-corrected chi connectivity index (χ1v) is 7.65. The Balaban J connectivity index is 1.93. The largest absolute Gasteiger partial charge is 0.497 e. The van der Waals surface area contributed by atoms with Crippen molar-refractivity contribution < 1.29 is 4.74 Å². The summed E-state index contributed by atoms with van der Waals surface area (Å²) in [5, 5.41) is 3.15. The molecule has 0 saturated carbocycles. The van der Waals surface area contributed by atoms with Crippen molar-refractivity contribution in [1.82, 2.24) is 9.97 Å². The molecule has 0 aliphatic carbocycles. The number of H-pyrrole nitrogens is 1. The second kappa shape index (κ2) is 6.58. The summed E-state index contributed by atoms with van der Waals surface area (Å²) >= 11 is 0. The highest BCUT2D eigenvalue weighted by atomic mass is 16.5. The minimum absolute atomic E-state index is 0.206. The Bertz CT molecular complexity index is 915. The van der Waals surface area contributed by atoms with Gasteiger partial charge in [0, 0.05) is 17.3 Å². The van der Waals surface area contributed by atoms with E-state index in [4.69, 9.17) is 4.74 Å². The summed E-state index contributed by atoms with van der Waals surface area (Å²) in [5.41, 5.74) is 4.52. The first-order chi connectivity index (χ1) is 11.5. The van der Waals surface area contributed by atoms with Gasteiger partial charge in [-0.3, -0.25) is 9.78 Å². The summed E-state index contributed by atoms with van der Waals surface area (Å²) in [4.78, 5) is 19.2. The quantitative estimate of drug-likeness (QED) is 0.767. The second-order valence-electron chi connectivity index (χ2n) is 5.63. The standard InChI is InChI=1S/C19H19N3O2/c1-12-4-7-15(10-13(12)2)20-19-21-17(11-18(23)22-19)14-5-8-16(24-3)9-6-14/h4-11H,1-3H3,(H2,20,21,22,23). The molecule has 0 spiro atoms. The molecule has 122 valence electrons. The Hall–Kier alpha value is -3.08. The smallest absolute Gasteiger partial charge is 0.252 e. The summed E-state index contributed by atoms with van der Waals surface area (Å²) in [7, 11) is 1.62. The van der Waals surface area contributed by atoms with Gasteiger partial charge in [0.15, 0.2) is 0 Å². The van der Waals surface area contributed by atoms with E-state index in [-0.39, 0.29) is 5.56 Å². The molecule has 2 N–H and O–H groups in total. The van der Waals surface area contributed by atoms with Gasteiger partial charge in [0.2, 0.25) is 5.95 Å². The van der Waals surface area contributed by atoms with E-state index in [0.29, 0.717) is 11.6 Å². The zero-order chi connectivity index (χ0) is 17.1. The molecule has 0 unspecified atom stereocenters. The number of ether oxygens (including phenoxy) is 1. The summed E-state index contributed by atoms with van der Waals surface area (Å²) in [6.45, 7) is 4.11. The first kappa shape index (κ1) is 15.8. The second-order valence-corrected chi connectivity index (χ2v) is 5.63. The fourth-order valence-corrected chi connectivity index (χ4v) is 2.38. The van der Waals surface area contributed by atoms with Crippen molar-refractivity contribution in [2.75, 3.05) is 12.4 Å². The van der Waals surface area contributed by atoms with Crippen LogP contribution in [0.15, 0.2) is 53.3 Å². The Morgan fingerprint density at radius 3 is 2.42 bits per heavy atom. The highest BCUT2D eigenvalue weighted by Gasteiger charge is 2.05. The molecule has 0 saturated heterocycles. The van der Waals surface area contributed by atoms with Gasteiger partial charge in [-0.05, 0) is 61.4 Å². The molecule has 3 aromatic rings. The van der Waals surface area contributed by atoms with Crippen molar-refractivity contribution in [3.05, 3.63) is 70.0 Å². The lowest BCUT2D eigenvalue weighted by atomic mass is 10.1. The van der Waals surface area contributed by atoms with Crippen LogP contribution < -0.4 is 15.6 Å². The number of benzene rings is 2. The van der Waals surface area contributed by atoms with Crippen LogP contribution in [0.3, 0.4) is 0 Å². The van der Waals surface area contributed by atoms with E-state index in [0.717, 1.165) is 17.0 Å². The van der Waals surface area contributed by atoms with Gasteiger partial charge in [-0.15, -0.1) is 0 Å². The number of anilines is 2. The van der Waals surface area contributed by atoms with E-state index >= 15 is 0 Å². The Kier molecular flexibility index (Phi) is 4.33. The maximum atomic E-state index is 12.0. The fraction of sp³-hybridized carbons (Fsp3) is 0.158. The van der Waals surface area contributed by atoms with Crippen LogP contribution in [-0.4, -0.2) is 17.1 Å². The summed E-state index contributed by atoms with van der Waals surface area (Å²) < 4.78 is 5.15. The average molecular weight is 321 g/mol. The van der Waals surface area contributed by atoms with E-state index in [1.807, 2.05) is 49.4 Å². The molecular weight excluding hydrogens is 302 g/mol. The molecular formula is C19H19N3O2. The Labute approximate surface area is 140 Å². The van der Waals surface area contributed by atoms with Gasteiger partial charge in [0.25, 0.3) is 5.56 Å². The summed E-state index contributed by atoms with van der Waals surface area (Å²) in [5.74, 6) is 1.17. The number of hydrogen-bond acceptors (Lipinski definition) is 4. The van der Waals surface area contributed by atoms with Gasteiger partial charge < -0.3 is 10.1 Å². The third kappa shape index (κ3) is 3.46. The van der Waals surface area contributed by atoms with Crippen LogP contribution in [0.2, 0.25) is 0 Å². The molecule has 0 radical (unpaired) electrons. The van der Waals surface area contributed by atoms with Crippen LogP contribution in [0, 0.1) is 13.8 Å².